The number of fused-ring (bicyclic) bond motifs is 1. The Morgan fingerprint density at radius 1 is 1.28 bits per heavy atom. The number of nitrogens with one attached hydrogen (secondary N) is 1. The molecule has 1 aromatic rings. The van der Waals surface area contributed by atoms with Gasteiger partial charge in [0.2, 0.25) is 0 Å². The highest BCUT2D eigenvalue weighted by Gasteiger charge is 2.10. The van der Waals surface area contributed by atoms with Gasteiger partial charge in [-0.15, -0.1) is 0 Å². The predicted molar refractivity (Wildman–Crippen MR) is 73.9 cm³/mol. The van der Waals surface area contributed by atoms with Gasteiger partial charge in [-0.3, -0.25) is 0 Å². The van der Waals surface area contributed by atoms with Crippen molar-refractivity contribution in [2.45, 2.75) is 32.1 Å². The number of amides is 2. The second-order valence-corrected chi connectivity index (χ2v) is 5.04. The Kier molecular flexibility index (Phi) is 4.24. The molecule has 18 heavy (non-hydrogen) atoms. The molecule has 98 valence electrons. The smallest absolute Gasteiger partial charge is 0.316 e. The van der Waals surface area contributed by atoms with Gasteiger partial charge in [-0.1, -0.05) is 18.2 Å². The molecule has 0 saturated heterocycles. The number of hydrogen-bond donors (Lipinski definition) is 1. The molecule has 2 amide bonds. The largest absolute Gasteiger partial charge is 0.341 e. The van der Waals surface area contributed by atoms with Crippen molar-refractivity contribution in [3.05, 3.63) is 34.9 Å². The van der Waals surface area contributed by atoms with E-state index in [2.05, 4.69) is 23.5 Å². The zero-order valence-corrected chi connectivity index (χ0v) is 11.3. The summed E-state index contributed by atoms with van der Waals surface area (Å²) in [6.45, 7) is 0.762. The average molecular weight is 246 g/mol. The molecule has 3 nitrogen and oxygen atoms in total. The van der Waals surface area contributed by atoms with Crippen LogP contribution in [0.3, 0.4) is 0 Å². The molecule has 0 atom stereocenters. The summed E-state index contributed by atoms with van der Waals surface area (Å²) in [7, 11) is 3.50. The summed E-state index contributed by atoms with van der Waals surface area (Å²) >= 11 is 0. The maximum atomic E-state index is 11.4. The number of nitrogens with zero attached hydrogens (tertiary/aromatic N) is 1. The molecule has 0 bridgehead atoms. The second-order valence-electron chi connectivity index (χ2n) is 5.04. The van der Waals surface area contributed by atoms with Gasteiger partial charge in [-0.2, -0.15) is 0 Å². The molecule has 0 radical (unpaired) electrons. The third-order valence-electron chi connectivity index (χ3n) is 3.71. The molecule has 0 fully saturated rings. The third-order valence-corrected chi connectivity index (χ3v) is 3.71. The molecular weight excluding hydrogens is 224 g/mol. The molecule has 0 aliphatic heterocycles. The summed E-state index contributed by atoms with van der Waals surface area (Å²) in [5.74, 6) is 0. The lowest BCUT2D eigenvalue weighted by Gasteiger charge is -2.19. The van der Waals surface area contributed by atoms with E-state index in [-0.39, 0.29) is 6.03 Å². The van der Waals surface area contributed by atoms with E-state index in [9.17, 15) is 4.79 Å². The quantitative estimate of drug-likeness (QED) is 0.872. The van der Waals surface area contributed by atoms with Gasteiger partial charge in [-0.25, -0.2) is 4.79 Å². The van der Waals surface area contributed by atoms with Crippen molar-refractivity contribution in [2.24, 2.45) is 0 Å². The summed E-state index contributed by atoms with van der Waals surface area (Å²) in [5.41, 5.74) is 4.37. The predicted octanol–water partition coefficient (Wildman–Crippen LogP) is 2.38. The van der Waals surface area contributed by atoms with Crippen LogP contribution in [0.4, 0.5) is 4.79 Å². The Hall–Kier alpha value is -1.51. The Morgan fingerprint density at radius 3 is 2.72 bits per heavy atom. The van der Waals surface area contributed by atoms with Crippen molar-refractivity contribution in [2.75, 3.05) is 20.6 Å². The van der Waals surface area contributed by atoms with E-state index in [1.54, 1.807) is 11.9 Å². The molecule has 1 aliphatic carbocycles. The molecule has 0 saturated carbocycles. The number of urea groups is 1. The van der Waals surface area contributed by atoms with Crippen LogP contribution >= 0.6 is 0 Å². The fourth-order valence-electron chi connectivity index (χ4n) is 2.53. The fourth-order valence-corrected chi connectivity index (χ4v) is 2.53. The van der Waals surface area contributed by atoms with Crippen LogP contribution in [0.1, 0.15) is 29.5 Å². The number of carbonyl (C=O) groups is 1. The maximum absolute atomic E-state index is 11.4. The van der Waals surface area contributed by atoms with Crippen LogP contribution in [0.25, 0.3) is 0 Å². The van der Waals surface area contributed by atoms with Gasteiger partial charge in [0.25, 0.3) is 0 Å². The van der Waals surface area contributed by atoms with Crippen LogP contribution in [0.15, 0.2) is 18.2 Å². The van der Waals surface area contributed by atoms with E-state index >= 15 is 0 Å². The standard InChI is InChI=1S/C15H22N2O/c1-16-15(18)17(2)10-9-12-7-8-13-5-3-4-6-14(13)11-12/h7-8,11H,3-6,9-10H2,1-2H3,(H,16,18). The van der Waals surface area contributed by atoms with Crippen molar-refractivity contribution in [1.82, 2.24) is 10.2 Å². The fraction of sp³-hybridized carbons (Fsp3) is 0.533. The zero-order valence-electron chi connectivity index (χ0n) is 11.3. The Labute approximate surface area is 109 Å². The first-order valence-electron chi connectivity index (χ1n) is 6.74. The van der Waals surface area contributed by atoms with Crippen LogP contribution in [-0.4, -0.2) is 31.6 Å². The summed E-state index contributed by atoms with van der Waals surface area (Å²) < 4.78 is 0. The molecule has 0 heterocycles. The number of aryl methyl sites for hydroxylation is 2. The average Bonchev–Trinajstić information content (AvgIpc) is 2.43. The van der Waals surface area contributed by atoms with Gasteiger partial charge in [0, 0.05) is 20.6 Å². The van der Waals surface area contributed by atoms with Crippen molar-refractivity contribution < 1.29 is 4.79 Å². The maximum Gasteiger partial charge on any atom is 0.316 e. The number of rotatable bonds is 3. The lowest BCUT2D eigenvalue weighted by atomic mass is 9.90. The summed E-state index contributed by atoms with van der Waals surface area (Å²) in [6.07, 6.45) is 6.01. The van der Waals surface area contributed by atoms with Crippen LogP contribution < -0.4 is 5.32 Å². The third kappa shape index (κ3) is 3.03. The molecule has 1 aliphatic rings. The first kappa shape index (κ1) is 12.9. The molecule has 2 rings (SSSR count). The van der Waals surface area contributed by atoms with Crippen molar-refractivity contribution >= 4 is 6.03 Å². The molecule has 3 heteroatoms. The topological polar surface area (TPSA) is 32.3 Å². The minimum Gasteiger partial charge on any atom is -0.341 e. The first-order chi connectivity index (χ1) is 8.70. The van der Waals surface area contributed by atoms with E-state index in [0.717, 1.165) is 13.0 Å². The molecule has 0 aromatic heterocycles. The van der Waals surface area contributed by atoms with Gasteiger partial charge in [-0.05, 0) is 48.8 Å². The van der Waals surface area contributed by atoms with Crippen LogP contribution in [-0.2, 0) is 19.3 Å². The van der Waals surface area contributed by atoms with Gasteiger partial charge in [0.05, 0.1) is 0 Å². The van der Waals surface area contributed by atoms with Gasteiger partial charge in [0.15, 0.2) is 0 Å². The number of likely N-dealkylation sites (N-methyl/N-ethyl adjacent to an activating group) is 1. The Morgan fingerprint density at radius 2 is 2.00 bits per heavy atom. The lowest BCUT2D eigenvalue weighted by molar-refractivity contribution is 0.211. The van der Waals surface area contributed by atoms with E-state index in [4.69, 9.17) is 0 Å². The molecular formula is C15H22N2O. The normalized spacial score (nSPS) is 13.9. The van der Waals surface area contributed by atoms with Crippen molar-refractivity contribution in [3.63, 3.8) is 0 Å². The number of benzene rings is 1. The highest BCUT2D eigenvalue weighted by molar-refractivity contribution is 5.73. The molecule has 1 aromatic carbocycles. The highest BCUT2D eigenvalue weighted by atomic mass is 16.2. The number of carbonyl (C=O) groups excluding carboxylic acids is 1. The van der Waals surface area contributed by atoms with Crippen LogP contribution in [0, 0.1) is 0 Å². The molecule has 0 spiro atoms. The van der Waals surface area contributed by atoms with Crippen LogP contribution in [0.5, 0.6) is 0 Å². The Bertz CT molecular complexity index is 429. The number of hydrogen-bond acceptors (Lipinski definition) is 1. The summed E-state index contributed by atoms with van der Waals surface area (Å²) in [5, 5.41) is 2.64. The summed E-state index contributed by atoms with van der Waals surface area (Å²) in [4.78, 5) is 13.1. The van der Waals surface area contributed by atoms with Crippen LogP contribution in [0.2, 0.25) is 0 Å². The van der Waals surface area contributed by atoms with Gasteiger partial charge in [0.1, 0.15) is 0 Å². The van der Waals surface area contributed by atoms with E-state index in [0.29, 0.717) is 0 Å². The minimum absolute atomic E-state index is 0.0204. The monoisotopic (exact) mass is 246 g/mol. The van der Waals surface area contributed by atoms with E-state index in [1.165, 1.54) is 42.4 Å². The second kappa shape index (κ2) is 5.89. The Balaban J connectivity index is 1.96. The van der Waals surface area contributed by atoms with Crippen molar-refractivity contribution in [3.8, 4) is 0 Å². The highest BCUT2D eigenvalue weighted by Crippen LogP contribution is 2.22. The SMILES string of the molecule is CNC(=O)N(C)CCc1ccc2c(c1)CCCC2. The zero-order chi connectivity index (χ0) is 13.0. The molecule has 1 N–H and O–H groups in total. The van der Waals surface area contributed by atoms with E-state index in [1.807, 2.05) is 7.05 Å². The minimum atomic E-state index is -0.0204. The van der Waals surface area contributed by atoms with Gasteiger partial charge < -0.3 is 10.2 Å². The van der Waals surface area contributed by atoms with Crippen molar-refractivity contribution in [1.29, 1.82) is 0 Å². The van der Waals surface area contributed by atoms with Gasteiger partial charge >= 0.3 is 6.03 Å². The van der Waals surface area contributed by atoms with E-state index < -0.39 is 0 Å². The lowest BCUT2D eigenvalue weighted by Crippen LogP contribution is -2.36. The summed E-state index contributed by atoms with van der Waals surface area (Å²) in [6, 6.07) is 6.78. The first-order valence-corrected chi connectivity index (χ1v) is 6.74. The molecule has 0 unspecified atom stereocenters.